The van der Waals surface area contributed by atoms with E-state index in [4.69, 9.17) is 0 Å². The Kier molecular flexibility index (Phi) is 3.56. The van der Waals surface area contributed by atoms with Crippen molar-refractivity contribution in [3.05, 3.63) is 29.8 Å². The second-order valence-corrected chi connectivity index (χ2v) is 5.60. The first-order chi connectivity index (χ1) is 9.31. The number of hydrogen-bond donors (Lipinski definition) is 0. The van der Waals surface area contributed by atoms with Crippen molar-refractivity contribution in [3.63, 3.8) is 0 Å². The highest BCUT2D eigenvalue weighted by Gasteiger charge is 2.37. The predicted octanol–water partition coefficient (Wildman–Crippen LogP) is 2.80. The molecule has 0 aromatic heterocycles. The Bertz CT molecular complexity index is 472. The van der Waals surface area contributed by atoms with Gasteiger partial charge in [-0.1, -0.05) is 31.5 Å². The topological polar surface area (TPSA) is 23.6 Å². The van der Waals surface area contributed by atoms with Crippen molar-refractivity contribution in [2.45, 2.75) is 45.2 Å². The lowest BCUT2D eigenvalue weighted by Crippen LogP contribution is -2.43. The van der Waals surface area contributed by atoms with Crippen LogP contribution in [-0.2, 0) is 11.3 Å². The van der Waals surface area contributed by atoms with Crippen LogP contribution >= 0.6 is 0 Å². The van der Waals surface area contributed by atoms with Gasteiger partial charge in [0.1, 0.15) is 0 Å². The Morgan fingerprint density at radius 1 is 1.32 bits per heavy atom. The molecular formula is C16H22N2O. The molecule has 102 valence electrons. The maximum atomic E-state index is 12.8. The molecule has 1 fully saturated rings. The molecule has 1 aromatic carbocycles. The summed E-state index contributed by atoms with van der Waals surface area (Å²) < 4.78 is 0. The molecule has 2 aliphatic heterocycles. The highest BCUT2D eigenvalue weighted by atomic mass is 16.2. The Labute approximate surface area is 115 Å². The zero-order valence-electron chi connectivity index (χ0n) is 11.6. The van der Waals surface area contributed by atoms with Crippen molar-refractivity contribution in [1.29, 1.82) is 0 Å². The molecule has 3 heteroatoms. The van der Waals surface area contributed by atoms with Crippen molar-refractivity contribution in [1.82, 2.24) is 4.90 Å². The fraction of sp³-hybridized carbons (Fsp3) is 0.562. The van der Waals surface area contributed by atoms with Gasteiger partial charge in [-0.05, 0) is 37.4 Å². The maximum absolute atomic E-state index is 12.8. The van der Waals surface area contributed by atoms with E-state index in [1.807, 2.05) is 11.0 Å². The van der Waals surface area contributed by atoms with Crippen LogP contribution in [0, 0.1) is 0 Å². The quantitative estimate of drug-likeness (QED) is 0.832. The molecule has 0 N–H and O–H groups in total. The molecule has 0 radical (unpaired) electrons. The molecule has 0 bridgehead atoms. The number of amides is 1. The van der Waals surface area contributed by atoms with Gasteiger partial charge in [-0.3, -0.25) is 9.69 Å². The van der Waals surface area contributed by atoms with Crippen molar-refractivity contribution < 1.29 is 4.79 Å². The monoisotopic (exact) mass is 258 g/mol. The van der Waals surface area contributed by atoms with E-state index in [0.717, 1.165) is 51.0 Å². The smallest absolute Gasteiger partial charge is 0.244 e. The first kappa shape index (κ1) is 12.7. The Hall–Kier alpha value is -1.35. The van der Waals surface area contributed by atoms with E-state index in [1.165, 1.54) is 5.56 Å². The molecule has 3 rings (SSSR count). The minimum atomic E-state index is 0.115. The fourth-order valence-corrected chi connectivity index (χ4v) is 3.27. The first-order valence-corrected chi connectivity index (χ1v) is 7.44. The zero-order chi connectivity index (χ0) is 13.2. The van der Waals surface area contributed by atoms with Crippen molar-refractivity contribution in [2.75, 3.05) is 18.0 Å². The summed E-state index contributed by atoms with van der Waals surface area (Å²) in [6.07, 6.45) is 4.38. The highest BCUT2D eigenvalue weighted by molar-refractivity contribution is 5.98. The first-order valence-electron chi connectivity index (χ1n) is 7.44. The molecule has 2 heterocycles. The Morgan fingerprint density at radius 2 is 2.16 bits per heavy atom. The molecule has 19 heavy (non-hydrogen) atoms. The van der Waals surface area contributed by atoms with Crippen LogP contribution in [-0.4, -0.2) is 29.9 Å². The van der Waals surface area contributed by atoms with Gasteiger partial charge in [-0.2, -0.15) is 0 Å². The van der Waals surface area contributed by atoms with Gasteiger partial charge >= 0.3 is 0 Å². The summed E-state index contributed by atoms with van der Waals surface area (Å²) in [7, 11) is 0. The maximum Gasteiger partial charge on any atom is 0.244 e. The van der Waals surface area contributed by atoms with Crippen molar-refractivity contribution >= 4 is 11.6 Å². The molecule has 3 nitrogen and oxygen atoms in total. The van der Waals surface area contributed by atoms with E-state index in [2.05, 4.69) is 30.0 Å². The third kappa shape index (κ3) is 2.27. The van der Waals surface area contributed by atoms with E-state index < -0.39 is 0 Å². The third-order valence-electron chi connectivity index (χ3n) is 4.31. The van der Waals surface area contributed by atoms with Gasteiger partial charge in [0.25, 0.3) is 0 Å². The van der Waals surface area contributed by atoms with E-state index in [-0.39, 0.29) is 6.04 Å². The number of unbranched alkanes of at least 4 members (excludes halogenated alkanes) is 1. The lowest BCUT2D eigenvalue weighted by atomic mass is 10.1. The van der Waals surface area contributed by atoms with E-state index in [1.54, 1.807) is 0 Å². The van der Waals surface area contributed by atoms with Gasteiger partial charge < -0.3 is 4.90 Å². The van der Waals surface area contributed by atoms with Crippen LogP contribution in [0.5, 0.6) is 0 Å². The number of fused-ring (bicyclic) bond motifs is 2. The van der Waals surface area contributed by atoms with Crippen LogP contribution in [0.25, 0.3) is 0 Å². The molecule has 1 saturated heterocycles. The van der Waals surface area contributed by atoms with Crippen LogP contribution in [0.4, 0.5) is 5.69 Å². The second kappa shape index (κ2) is 5.33. The highest BCUT2D eigenvalue weighted by Crippen LogP contribution is 2.32. The van der Waals surface area contributed by atoms with Crippen LogP contribution in [0.15, 0.2) is 24.3 Å². The number of hydrogen-bond acceptors (Lipinski definition) is 2. The van der Waals surface area contributed by atoms with Gasteiger partial charge in [0.2, 0.25) is 5.91 Å². The van der Waals surface area contributed by atoms with Gasteiger partial charge in [0.15, 0.2) is 0 Å². The van der Waals surface area contributed by atoms with Crippen LogP contribution in [0.1, 0.15) is 38.2 Å². The molecular weight excluding hydrogens is 236 g/mol. The largest absolute Gasteiger partial charge is 0.311 e. The van der Waals surface area contributed by atoms with Crippen LogP contribution in [0.2, 0.25) is 0 Å². The molecule has 1 aromatic rings. The molecule has 0 aliphatic carbocycles. The summed E-state index contributed by atoms with van der Waals surface area (Å²) in [5.41, 5.74) is 2.44. The summed E-state index contributed by atoms with van der Waals surface area (Å²) >= 11 is 0. The summed E-state index contributed by atoms with van der Waals surface area (Å²) in [6, 6.07) is 8.51. The number of rotatable bonds is 3. The van der Waals surface area contributed by atoms with Gasteiger partial charge in [-0.15, -0.1) is 0 Å². The number of carbonyl (C=O) groups excluding carboxylic acids is 1. The number of para-hydroxylation sites is 1. The van der Waals surface area contributed by atoms with Gasteiger partial charge in [-0.25, -0.2) is 0 Å². The molecule has 2 aliphatic rings. The van der Waals surface area contributed by atoms with E-state index in [0.29, 0.717) is 5.91 Å². The van der Waals surface area contributed by atoms with Crippen LogP contribution < -0.4 is 4.90 Å². The van der Waals surface area contributed by atoms with E-state index >= 15 is 0 Å². The van der Waals surface area contributed by atoms with Gasteiger partial charge in [0, 0.05) is 18.8 Å². The Morgan fingerprint density at radius 3 is 3.00 bits per heavy atom. The lowest BCUT2D eigenvalue weighted by Gasteiger charge is -2.26. The minimum Gasteiger partial charge on any atom is -0.311 e. The predicted molar refractivity (Wildman–Crippen MR) is 77.1 cm³/mol. The number of benzene rings is 1. The van der Waals surface area contributed by atoms with Crippen LogP contribution in [0.3, 0.4) is 0 Å². The average molecular weight is 258 g/mol. The Balaban J connectivity index is 1.97. The zero-order valence-corrected chi connectivity index (χ0v) is 11.6. The second-order valence-electron chi connectivity index (χ2n) is 5.60. The number of nitrogens with zero attached hydrogens (tertiary/aromatic N) is 2. The van der Waals surface area contributed by atoms with Crippen molar-refractivity contribution in [2.24, 2.45) is 0 Å². The molecule has 1 atom stereocenters. The number of carbonyl (C=O) groups is 1. The summed E-state index contributed by atoms with van der Waals surface area (Å²) in [5, 5.41) is 0. The summed E-state index contributed by atoms with van der Waals surface area (Å²) in [5.74, 6) is 0.316. The number of anilines is 1. The standard InChI is InChI=1S/C16H22N2O/c1-2-3-11-18-14-8-5-4-7-13(14)12-17-10-6-9-15(17)16(18)19/h4-5,7-8,15H,2-3,6,9-12H2,1H3. The fourth-order valence-electron chi connectivity index (χ4n) is 3.27. The lowest BCUT2D eigenvalue weighted by molar-refractivity contribution is -0.122. The van der Waals surface area contributed by atoms with Gasteiger partial charge in [0.05, 0.1) is 6.04 Å². The molecule has 0 saturated carbocycles. The third-order valence-corrected chi connectivity index (χ3v) is 4.31. The van der Waals surface area contributed by atoms with Crippen molar-refractivity contribution in [3.8, 4) is 0 Å². The molecule has 1 amide bonds. The molecule has 0 spiro atoms. The summed E-state index contributed by atoms with van der Waals surface area (Å²) in [4.78, 5) is 17.2. The van der Waals surface area contributed by atoms with E-state index in [9.17, 15) is 4.79 Å². The minimum absolute atomic E-state index is 0.115. The normalized spacial score (nSPS) is 23.1. The summed E-state index contributed by atoms with van der Waals surface area (Å²) in [6.45, 7) is 5.02. The SMILES string of the molecule is CCCCN1C(=O)C2CCCN2Cc2ccccc21. The molecule has 1 unspecified atom stereocenters. The average Bonchev–Trinajstić information content (AvgIpc) is 2.85.